The molecule has 0 spiro atoms. The second-order valence-corrected chi connectivity index (χ2v) is 4.87. The summed E-state index contributed by atoms with van der Waals surface area (Å²) in [6, 6.07) is 0.488. The van der Waals surface area contributed by atoms with Crippen molar-refractivity contribution >= 4 is 6.41 Å². The molecule has 98 valence electrons. The summed E-state index contributed by atoms with van der Waals surface area (Å²) in [5.41, 5.74) is 4.54. The Balaban J connectivity index is 0. The minimum absolute atomic E-state index is 0.0417. The normalized spacial score (nSPS) is 22.7. The van der Waals surface area contributed by atoms with Crippen LogP contribution in [0.15, 0.2) is 0 Å². The van der Waals surface area contributed by atoms with Crippen LogP contribution in [0.5, 0.6) is 0 Å². The number of rotatable bonds is 2. The van der Waals surface area contributed by atoms with Crippen LogP contribution in [0.2, 0.25) is 0 Å². The summed E-state index contributed by atoms with van der Waals surface area (Å²) in [7, 11) is 3.21. The highest BCUT2D eigenvalue weighted by Gasteiger charge is 2.23. The van der Waals surface area contributed by atoms with Crippen molar-refractivity contribution in [1.29, 1.82) is 0 Å². The number of amides is 1. The van der Waals surface area contributed by atoms with E-state index in [1.807, 2.05) is 20.8 Å². The van der Waals surface area contributed by atoms with Gasteiger partial charge in [0, 0.05) is 13.2 Å². The maximum atomic E-state index is 9.80. The zero-order valence-corrected chi connectivity index (χ0v) is 11.5. The smallest absolute Gasteiger partial charge is 0.207 e. The third-order valence-electron chi connectivity index (χ3n) is 2.29. The molecule has 0 bridgehead atoms. The molecule has 0 atom stereocenters. The second kappa shape index (κ2) is 9.60. The Labute approximate surface area is 99.9 Å². The monoisotopic (exact) mass is 232 g/mol. The standard InChI is InChI=1S/C6H11NO.C5H12O.CH5N/c1-5-2-6(3-5)7-4-8;1-5(2,3)6-4;1-2/h4-6H,2-3H2,1H3,(H,7,8);1-4H3;2H2,1H3. The zero-order chi connectivity index (χ0) is 13.2. The van der Waals surface area contributed by atoms with Gasteiger partial charge in [-0.3, -0.25) is 4.79 Å². The van der Waals surface area contributed by atoms with Gasteiger partial charge < -0.3 is 15.8 Å². The van der Waals surface area contributed by atoms with E-state index in [-0.39, 0.29) is 5.60 Å². The molecule has 0 saturated heterocycles. The van der Waals surface area contributed by atoms with Crippen molar-refractivity contribution in [3.8, 4) is 0 Å². The highest BCUT2D eigenvalue weighted by Crippen LogP contribution is 2.25. The Morgan fingerprint density at radius 1 is 1.31 bits per heavy atom. The molecular weight excluding hydrogens is 204 g/mol. The van der Waals surface area contributed by atoms with Gasteiger partial charge >= 0.3 is 0 Å². The van der Waals surface area contributed by atoms with Crippen molar-refractivity contribution in [2.45, 2.75) is 52.2 Å². The molecule has 0 aromatic rings. The van der Waals surface area contributed by atoms with Crippen molar-refractivity contribution in [3.63, 3.8) is 0 Å². The van der Waals surface area contributed by atoms with E-state index in [2.05, 4.69) is 18.0 Å². The minimum atomic E-state index is 0.0417. The number of carbonyl (C=O) groups is 1. The maximum absolute atomic E-state index is 9.80. The number of nitrogens with one attached hydrogen (secondary N) is 1. The molecule has 0 aromatic carbocycles. The number of hydrogen-bond donors (Lipinski definition) is 2. The molecule has 3 N–H and O–H groups in total. The Morgan fingerprint density at radius 2 is 1.69 bits per heavy atom. The fourth-order valence-electron chi connectivity index (χ4n) is 1.13. The lowest BCUT2D eigenvalue weighted by Gasteiger charge is -2.31. The van der Waals surface area contributed by atoms with Crippen molar-refractivity contribution in [1.82, 2.24) is 5.32 Å². The number of ether oxygens (including phenoxy) is 1. The molecule has 0 unspecified atom stereocenters. The molecule has 16 heavy (non-hydrogen) atoms. The van der Waals surface area contributed by atoms with E-state index >= 15 is 0 Å². The third kappa shape index (κ3) is 11.5. The molecule has 4 heteroatoms. The fraction of sp³-hybridized carbons (Fsp3) is 0.917. The number of carbonyl (C=O) groups excluding carboxylic acids is 1. The van der Waals surface area contributed by atoms with Crippen LogP contribution in [0.25, 0.3) is 0 Å². The molecule has 0 aromatic heterocycles. The van der Waals surface area contributed by atoms with Gasteiger partial charge in [0.2, 0.25) is 6.41 Å². The van der Waals surface area contributed by atoms with Crippen LogP contribution in [0.1, 0.15) is 40.5 Å². The predicted molar refractivity (Wildman–Crippen MR) is 68.3 cm³/mol. The largest absolute Gasteiger partial charge is 0.379 e. The van der Waals surface area contributed by atoms with Crippen molar-refractivity contribution < 1.29 is 9.53 Å². The van der Waals surface area contributed by atoms with Crippen LogP contribution < -0.4 is 11.1 Å². The maximum Gasteiger partial charge on any atom is 0.207 e. The van der Waals surface area contributed by atoms with Gasteiger partial charge in [0.05, 0.1) is 5.60 Å². The van der Waals surface area contributed by atoms with E-state index in [9.17, 15) is 4.79 Å². The number of nitrogens with two attached hydrogens (primary N) is 1. The van der Waals surface area contributed by atoms with E-state index in [0.29, 0.717) is 6.04 Å². The molecule has 1 rings (SSSR count). The van der Waals surface area contributed by atoms with Gasteiger partial charge in [-0.25, -0.2) is 0 Å². The molecule has 1 saturated carbocycles. The van der Waals surface area contributed by atoms with Crippen molar-refractivity contribution in [2.24, 2.45) is 11.7 Å². The SMILES string of the molecule is CC1CC(NC=O)C1.CN.COC(C)(C)C. The van der Waals surface area contributed by atoms with Gasteiger partial charge in [-0.1, -0.05) is 6.92 Å². The highest BCUT2D eigenvalue weighted by molar-refractivity contribution is 5.46. The first kappa shape index (κ1) is 17.8. The van der Waals surface area contributed by atoms with Gasteiger partial charge in [0.25, 0.3) is 0 Å². The van der Waals surface area contributed by atoms with Gasteiger partial charge in [0.1, 0.15) is 0 Å². The predicted octanol–water partition coefficient (Wildman–Crippen LogP) is 1.54. The fourth-order valence-corrected chi connectivity index (χ4v) is 1.13. The van der Waals surface area contributed by atoms with Crippen molar-refractivity contribution in [3.05, 3.63) is 0 Å². The van der Waals surface area contributed by atoms with E-state index in [1.54, 1.807) is 7.11 Å². The quantitative estimate of drug-likeness (QED) is 0.710. The van der Waals surface area contributed by atoms with Crippen LogP contribution in [-0.2, 0) is 9.53 Å². The summed E-state index contributed by atoms with van der Waals surface area (Å²) < 4.78 is 4.94. The van der Waals surface area contributed by atoms with Gasteiger partial charge in [0.15, 0.2) is 0 Å². The third-order valence-corrected chi connectivity index (χ3v) is 2.29. The molecule has 1 amide bonds. The molecule has 4 nitrogen and oxygen atoms in total. The number of hydrogen-bond acceptors (Lipinski definition) is 3. The average molecular weight is 232 g/mol. The van der Waals surface area contributed by atoms with Crippen LogP contribution in [-0.4, -0.2) is 32.2 Å². The van der Waals surface area contributed by atoms with Crippen LogP contribution in [0, 0.1) is 5.92 Å². The van der Waals surface area contributed by atoms with Gasteiger partial charge in [-0.15, -0.1) is 0 Å². The Kier molecular flexibility index (Phi) is 10.7. The lowest BCUT2D eigenvalue weighted by molar-refractivity contribution is -0.110. The molecule has 1 aliphatic carbocycles. The summed E-state index contributed by atoms with van der Waals surface area (Å²) in [6.45, 7) is 8.26. The second-order valence-electron chi connectivity index (χ2n) is 4.87. The first-order valence-electron chi connectivity index (χ1n) is 5.71. The highest BCUT2D eigenvalue weighted by atomic mass is 16.5. The molecule has 0 aliphatic heterocycles. The molecule has 1 aliphatic rings. The topological polar surface area (TPSA) is 64.4 Å². The van der Waals surface area contributed by atoms with Crippen LogP contribution in [0.4, 0.5) is 0 Å². The van der Waals surface area contributed by atoms with E-state index < -0.39 is 0 Å². The zero-order valence-electron chi connectivity index (χ0n) is 11.5. The van der Waals surface area contributed by atoms with Gasteiger partial charge in [-0.05, 0) is 46.6 Å². The first-order chi connectivity index (χ1) is 7.39. The van der Waals surface area contributed by atoms with Gasteiger partial charge in [-0.2, -0.15) is 0 Å². The van der Waals surface area contributed by atoms with Crippen LogP contribution in [0.3, 0.4) is 0 Å². The Hall–Kier alpha value is -0.610. The number of methoxy groups -OCH3 is 1. The lowest BCUT2D eigenvalue weighted by Crippen LogP contribution is -2.39. The molecular formula is C12H28N2O2. The van der Waals surface area contributed by atoms with E-state index in [0.717, 1.165) is 12.3 Å². The Morgan fingerprint density at radius 3 is 1.88 bits per heavy atom. The summed E-state index contributed by atoms with van der Waals surface area (Å²) in [4.78, 5) is 9.80. The van der Waals surface area contributed by atoms with Crippen molar-refractivity contribution in [2.75, 3.05) is 14.2 Å². The average Bonchev–Trinajstić information content (AvgIpc) is 2.19. The summed E-state index contributed by atoms with van der Waals surface area (Å²) in [6.07, 6.45) is 3.12. The molecule has 0 radical (unpaired) electrons. The Bertz CT molecular complexity index is 161. The first-order valence-corrected chi connectivity index (χ1v) is 5.71. The van der Waals surface area contributed by atoms with E-state index in [4.69, 9.17) is 4.74 Å². The van der Waals surface area contributed by atoms with Crippen LogP contribution >= 0.6 is 0 Å². The summed E-state index contributed by atoms with van der Waals surface area (Å²) in [5, 5.41) is 2.73. The molecule has 1 fully saturated rings. The van der Waals surface area contributed by atoms with E-state index in [1.165, 1.54) is 19.9 Å². The minimum Gasteiger partial charge on any atom is -0.379 e. The summed E-state index contributed by atoms with van der Waals surface area (Å²) >= 11 is 0. The summed E-state index contributed by atoms with van der Waals surface area (Å²) in [5.74, 6) is 0.826. The molecule has 0 heterocycles. The lowest BCUT2D eigenvalue weighted by atomic mass is 9.82.